The summed E-state index contributed by atoms with van der Waals surface area (Å²) >= 11 is 12.4. The third-order valence-electron chi connectivity index (χ3n) is 4.98. The number of carbonyl (C=O) groups is 1. The van der Waals surface area contributed by atoms with Crippen LogP contribution in [-0.4, -0.2) is 15.8 Å². The standard InChI is InChI=1S/C26H20Cl2N2O/c27-24-12-11-23(25(28)15-24)18-30(17-19-6-5-13-29-16-19)26(31)22-10-4-9-21(14-22)20-7-2-1-3-8-20/h1-16H,17-18H2. The zero-order valence-corrected chi connectivity index (χ0v) is 18.2. The summed E-state index contributed by atoms with van der Waals surface area (Å²) in [6.45, 7) is 0.778. The van der Waals surface area contributed by atoms with Crippen molar-refractivity contribution in [2.45, 2.75) is 13.1 Å². The van der Waals surface area contributed by atoms with Gasteiger partial charge in [-0.1, -0.05) is 77.8 Å². The first kappa shape index (κ1) is 21.1. The largest absolute Gasteiger partial charge is 0.330 e. The van der Waals surface area contributed by atoms with Gasteiger partial charge >= 0.3 is 0 Å². The van der Waals surface area contributed by atoms with Crippen LogP contribution in [0, 0.1) is 0 Å². The molecular weight excluding hydrogens is 427 g/mol. The molecule has 0 unspecified atom stereocenters. The summed E-state index contributed by atoms with van der Waals surface area (Å²) in [5, 5.41) is 1.10. The molecule has 1 heterocycles. The molecule has 0 radical (unpaired) electrons. The van der Waals surface area contributed by atoms with Crippen LogP contribution in [0.5, 0.6) is 0 Å². The van der Waals surface area contributed by atoms with Gasteiger partial charge < -0.3 is 4.90 Å². The summed E-state index contributed by atoms with van der Waals surface area (Å²) in [5.74, 6) is -0.0762. The average Bonchev–Trinajstić information content (AvgIpc) is 2.81. The number of benzene rings is 3. The van der Waals surface area contributed by atoms with Crippen LogP contribution < -0.4 is 0 Å². The lowest BCUT2D eigenvalue weighted by Gasteiger charge is -2.24. The summed E-state index contributed by atoms with van der Waals surface area (Å²) in [4.78, 5) is 19.5. The Morgan fingerprint density at radius 2 is 1.61 bits per heavy atom. The molecule has 0 bridgehead atoms. The zero-order valence-electron chi connectivity index (χ0n) is 16.7. The van der Waals surface area contributed by atoms with E-state index in [4.69, 9.17) is 23.2 Å². The fourth-order valence-corrected chi connectivity index (χ4v) is 3.88. The third-order valence-corrected chi connectivity index (χ3v) is 5.56. The molecule has 0 aliphatic heterocycles. The lowest BCUT2D eigenvalue weighted by molar-refractivity contribution is 0.0730. The van der Waals surface area contributed by atoms with Crippen LogP contribution in [-0.2, 0) is 13.1 Å². The highest BCUT2D eigenvalue weighted by molar-refractivity contribution is 6.35. The van der Waals surface area contributed by atoms with E-state index in [0.717, 1.165) is 22.3 Å². The van der Waals surface area contributed by atoms with Crippen molar-refractivity contribution in [3.63, 3.8) is 0 Å². The number of halogens is 2. The SMILES string of the molecule is O=C(c1cccc(-c2ccccc2)c1)N(Cc1cccnc1)Cc1ccc(Cl)cc1Cl. The molecule has 31 heavy (non-hydrogen) atoms. The minimum absolute atomic E-state index is 0.0762. The second kappa shape index (κ2) is 9.78. The number of pyridine rings is 1. The minimum Gasteiger partial charge on any atom is -0.330 e. The van der Waals surface area contributed by atoms with Gasteiger partial charge in [0.2, 0.25) is 0 Å². The Hall–Kier alpha value is -3.14. The minimum atomic E-state index is -0.0762. The van der Waals surface area contributed by atoms with Crippen molar-refractivity contribution in [3.05, 3.63) is 124 Å². The number of aromatic nitrogens is 1. The van der Waals surface area contributed by atoms with Gasteiger partial charge in [0, 0.05) is 41.1 Å². The van der Waals surface area contributed by atoms with E-state index >= 15 is 0 Å². The summed E-state index contributed by atoms with van der Waals surface area (Å²) in [7, 11) is 0. The van der Waals surface area contributed by atoms with Crippen molar-refractivity contribution in [3.8, 4) is 11.1 Å². The molecule has 0 fully saturated rings. The van der Waals surface area contributed by atoms with Gasteiger partial charge in [0.05, 0.1) is 0 Å². The highest BCUT2D eigenvalue weighted by atomic mass is 35.5. The van der Waals surface area contributed by atoms with Crippen molar-refractivity contribution in [1.82, 2.24) is 9.88 Å². The van der Waals surface area contributed by atoms with Crippen LogP contribution in [0.25, 0.3) is 11.1 Å². The quantitative estimate of drug-likeness (QED) is 0.322. The monoisotopic (exact) mass is 446 g/mol. The molecule has 1 aromatic heterocycles. The first-order valence-corrected chi connectivity index (χ1v) is 10.6. The summed E-state index contributed by atoms with van der Waals surface area (Å²) in [6.07, 6.45) is 3.49. The number of hydrogen-bond acceptors (Lipinski definition) is 2. The van der Waals surface area contributed by atoms with Gasteiger partial charge in [0.1, 0.15) is 0 Å². The van der Waals surface area contributed by atoms with Crippen molar-refractivity contribution in [2.75, 3.05) is 0 Å². The van der Waals surface area contributed by atoms with Crippen molar-refractivity contribution in [1.29, 1.82) is 0 Å². The second-order valence-corrected chi connectivity index (χ2v) is 8.05. The third kappa shape index (κ3) is 5.32. The van der Waals surface area contributed by atoms with E-state index in [9.17, 15) is 4.79 Å². The zero-order chi connectivity index (χ0) is 21.6. The number of nitrogens with zero attached hydrogens (tertiary/aromatic N) is 2. The van der Waals surface area contributed by atoms with Gasteiger partial charge in [0.25, 0.3) is 5.91 Å². The first-order chi connectivity index (χ1) is 15.1. The molecule has 4 rings (SSSR count). The Labute approximate surface area is 191 Å². The summed E-state index contributed by atoms with van der Waals surface area (Å²) in [6, 6.07) is 26.9. The molecule has 154 valence electrons. The maximum atomic E-state index is 13.6. The summed E-state index contributed by atoms with van der Waals surface area (Å²) < 4.78 is 0. The maximum absolute atomic E-state index is 13.6. The van der Waals surface area contributed by atoms with E-state index in [1.54, 1.807) is 29.4 Å². The van der Waals surface area contributed by atoms with Gasteiger partial charge in [-0.3, -0.25) is 9.78 Å². The first-order valence-electron chi connectivity index (χ1n) is 9.88. The fourth-order valence-electron chi connectivity index (χ4n) is 3.41. The van der Waals surface area contributed by atoms with Crippen LogP contribution in [0.3, 0.4) is 0 Å². The molecule has 0 saturated heterocycles. The van der Waals surface area contributed by atoms with Crippen LogP contribution in [0.2, 0.25) is 10.0 Å². The Morgan fingerprint density at radius 1 is 0.806 bits per heavy atom. The molecule has 0 spiro atoms. The van der Waals surface area contributed by atoms with Gasteiger partial charge in [-0.2, -0.15) is 0 Å². The van der Waals surface area contributed by atoms with Crippen LogP contribution >= 0.6 is 23.2 Å². The van der Waals surface area contributed by atoms with E-state index in [2.05, 4.69) is 4.98 Å². The van der Waals surface area contributed by atoms with Gasteiger partial charge in [-0.05, 0) is 52.6 Å². The molecule has 3 aromatic carbocycles. The second-order valence-electron chi connectivity index (χ2n) is 7.21. The molecule has 1 amide bonds. The highest BCUT2D eigenvalue weighted by Gasteiger charge is 2.19. The van der Waals surface area contributed by atoms with E-state index in [-0.39, 0.29) is 5.91 Å². The van der Waals surface area contributed by atoms with E-state index in [1.165, 1.54) is 0 Å². The Bertz CT molecular complexity index is 1180. The maximum Gasteiger partial charge on any atom is 0.254 e. The molecule has 3 nitrogen and oxygen atoms in total. The number of carbonyl (C=O) groups excluding carboxylic acids is 1. The van der Waals surface area contributed by atoms with Crippen LogP contribution in [0.1, 0.15) is 21.5 Å². The summed E-state index contributed by atoms with van der Waals surface area (Å²) in [5.41, 5.74) is 4.46. The van der Waals surface area contributed by atoms with Crippen LogP contribution in [0.15, 0.2) is 97.3 Å². The number of amides is 1. The predicted octanol–water partition coefficient (Wildman–Crippen LogP) is 6.90. The Kier molecular flexibility index (Phi) is 6.66. The molecule has 0 aliphatic carbocycles. The molecule has 0 saturated carbocycles. The molecular formula is C26H20Cl2N2O. The molecule has 4 aromatic rings. The Morgan fingerprint density at radius 3 is 2.35 bits per heavy atom. The van der Waals surface area contributed by atoms with E-state index in [0.29, 0.717) is 28.7 Å². The number of hydrogen-bond donors (Lipinski definition) is 0. The molecule has 5 heteroatoms. The van der Waals surface area contributed by atoms with Crippen LogP contribution in [0.4, 0.5) is 0 Å². The lowest BCUT2D eigenvalue weighted by Crippen LogP contribution is -2.30. The fraction of sp³-hybridized carbons (Fsp3) is 0.0769. The lowest BCUT2D eigenvalue weighted by atomic mass is 10.0. The topological polar surface area (TPSA) is 33.2 Å². The van der Waals surface area contributed by atoms with Gasteiger partial charge in [-0.25, -0.2) is 0 Å². The van der Waals surface area contributed by atoms with Gasteiger partial charge in [0.15, 0.2) is 0 Å². The average molecular weight is 447 g/mol. The van der Waals surface area contributed by atoms with Crippen molar-refractivity contribution in [2.24, 2.45) is 0 Å². The molecule has 0 aliphatic rings. The molecule has 0 N–H and O–H groups in total. The van der Waals surface area contributed by atoms with Crippen molar-refractivity contribution < 1.29 is 4.79 Å². The highest BCUT2D eigenvalue weighted by Crippen LogP contribution is 2.25. The molecule has 0 atom stereocenters. The van der Waals surface area contributed by atoms with Gasteiger partial charge in [-0.15, -0.1) is 0 Å². The Balaban J connectivity index is 1.66. The van der Waals surface area contributed by atoms with Crippen molar-refractivity contribution >= 4 is 29.1 Å². The van der Waals surface area contributed by atoms with E-state index < -0.39 is 0 Å². The predicted molar refractivity (Wildman–Crippen MR) is 126 cm³/mol. The smallest absolute Gasteiger partial charge is 0.254 e. The number of rotatable bonds is 6. The normalized spacial score (nSPS) is 10.6. The van der Waals surface area contributed by atoms with E-state index in [1.807, 2.05) is 72.8 Å².